The molecule has 3 nitrogen and oxygen atoms in total. The van der Waals surface area contributed by atoms with E-state index >= 15 is 0 Å². The molecule has 0 saturated carbocycles. The maximum atomic E-state index is 12.0. The van der Waals surface area contributed by atoms with E-state index in [1.165, 1.54) is 0 Å². The summed E-state index contributed by atoms with van der Waals surface area (Å²) in [6.07, 6.45) is -4.80. The fourth-order valence-corrected chi connectivity index (χ4v) is 1.96. The molecule has 1 aromatic carbocycles. The number of benzene rings is 1. The molecule has 0 fully saturated rings. The Bertz CT molecular complexity index is 563. The van der Waals surface area contributed by atoms with Crippen LogP contribution in [0.25, 0.3) is 11.0 Å². The maximum absolute atomic E-state index is 12.0. The summed E-state index contributed by atoms with van der Waals surface area (Å²) in [5.41, 5.74) is 0.655. The number of ether oxygens (including phenoxy) is 1. The highest BCUT2D eigenvalue weighted by Gasteiger charge is 2.25. The van der Waals surface area contributed by atoms with Crippen LogP contribution < -0.4 is 10.1 Å². The van der Waals surface area contributed by atoms with Gasteiger partial charge in [0.15, 0.2) is 11.3 Å². The molecule has 0 atom stereocenters. The summed E-state index contributed by atoms with van der Waals surface area (Å²) in [6, 6.07) is 7.41. The second kappa shape index (κ2) is 6.17. The van der Waals surface area contributed by atoms with E-state index < -0.39 is 12.6 Å². The van der Waals surface area contributed by atoms with Gasteiger partial charge in [-0.3, -0.25) is 0 Å². The van der Waals surface area contributed by atoms with Crippen molar-refractivity contribution in [2.75, 3.05) is 13.7 Å². The van der Waals surface area contributed by atoms with Crippen molar-refractivity contribution in [2.24, 2.45) is 0 Å². The first-order valence-corrected chi connectivity index (χ1v) is 6.32. The molecule has 110 valence electrons. The Morgan fingerprint density at radius 2 is 2.10 bits per heavy atom. The summed E-state index contributed by atoms with van der Waals surface area (Å²) in [6.45, 7) is 0.698. The lowest BCUT2D eigenvalue weighted by Crippen LogP contribution is -2.17. The highest BCUT2D eigenvalue weighted by atomic mass is 19.4. The molecule has 0 aliphatic heterocycles. The van der Waals surface area contributed by atoms with Gasteiger partial charge < -0.3 is 14.5 Å². The average Bonchev–Trinajstić information content (AvgIpc) is 2.79. The normalized spacial score (nSPS) is 12.0. The van der Waals surface area contributed by atoms with Gasteiger partial charge in [0, 0.05) is 11.8 Å². The summed E-state index contributed by atoms with van der Waals surface area (Å²) in [5, 5.41) is 3.85. The summed E-state index contributed by atoms with van der Waals surface area (Å²) in [7, 11) is 1.56. The molecule has 0 radical (unpaired) electrons. The van der Waals surface area contributed by atoms with Gasteiger partial charge in [0.2, 0.25) is 0 Å². The number of alkyl halides is 3. The fourth-order valence-electron chi connectivity index (χ4n) is 1.96. The van der Waals surface area contributed by atoms with Crippen molar-refractivity contribution in [3.63, 3.8) is 0 Å². The van der Waals surface area contributed by atoms with E-state index in [0.717, 1.165) is 5.39 Å². The summed E-state index contributed by atoms with van der Waals surface area (Å²) in [5.74, 6) is 1.32. The van der Waals surface area contributed by atoms with Crippen molar-refractivity contribution in [1.29, 1.82) is 0 Å². The zero-order valence-electron chi connectivity index (χ0n) is 11.1. The van der Waals surface area contributed by atoms with Crippen molar-refractivity contribution in [3.05, 3.63) is 30.0 Å². The summed E-state index contributed by atoms with van der Waals surface area (Å²) in [4.78, 5) is 0. The first kappa shape index (κ1) is 14.7. The van der Waals surface area contributed by atoms with Crippen LogP contribution in [0.15, 0.2) is 28.7 Å². The smallest absolute Gasteiger partial charge is 0.389 e. The first-order chi connectivity index (χ1) is 9.49. The van der Waals surface area contributed by atoms with E-state index in [0.29, 0.717) is 30.2 Å². The number of furan rings is 1. The van der Waals surface area contributed by atoms with Crippen molar-refractivity contribution >= 4 is 11.0 Å². The van der Waals surface area contributed by atoms with E-state index in [2.05, 4.69) is 5.32 Å². The van der Waals surface area contributed by atoms with Crippen LogP contribution in [-0.4, -0.2) is 19.8 Å². The van der Waals surface area contributed by atoms with Gasteiger partial charge in [-0.05, 0) is 25.1 Å². The lowest BCUT2D eigenvalue weighted by Gasteiger charge is -2.06. The molecule has 1 aromatic heterocycles. The molecule has 2 rings (SSSR count). The number of para-hydroxylation sites is 1. The lowest BCUT2D eigenvalue weighted by atomic mass is 10.2. The third-order valence-electron chi connectivity index (χ3n) is 2.89. The molecule has 2 aromatic rings. The Balaban J connectivity index is 1.88. The molecule has 0 amide bonds. The van der Waals surface area contributed by atoms with Crippen LogP contribution in [0.4, 0.5) is 13.2 Å². The van der Waals surface area contributed by atoms with Crippen molar-refractivity contribution in [3.8, 4) is 5.75 Å². The predicted molar refractivity (Wildman–Crippen MR) is 69.8 cm³/mol. The van der Waals surface area contributed by atoms with Crippen LogP contribution in [0.5, 0.6) is 5.75 Å². The largest absolute Gasteiger partial charge is 0.493 e. The van der Waals surface area contributed by atoms with E-state index in [4.69, 9.17) is 9.15 Å². The molecule has 0 saturated heterocycles. The minimum absolute atomic E-state index is 0.0625. The predicted octanol–water partition coefficient (Wildman–Crippen LogP) is 3.87. The highest BCUT2D eigenvalue weighted by Crippen LogP contribution is 2.28. The fraction of sp³-hybridized carbons (Fsp3) is 0.429. The molecule has 0 aliphatic rings. The third kappa shape index (κ3) is 3.90. The van der Waals surface area contributed by atoms with E-state index in [1.54, 1.807) is 13.2 Å². The standard InChI is InChI=1S/C14H16F3NO2/c1-19-12-5-2-4-10-8-11(20-13(10)12)9-18-7-3-6-14(15,16)17/h2,4-5,8,18H,3,6-7,9H2,1H3. The van der Waals surface area contributed by atoms with Crippen LogP contribution in [-0.2, 0) is 6.54 Å². The summed E-state index contributed by atoms with van der Waals surface area (Å²) >= 11 is 0. The first-order valence-electron chi connectivity index (χ1n) is 6.32. The van der Waals surface area contributed by atoms with Gasteiger partial charge in [-0.1, -0.05) is 12.1 Å². The van der Waals surface area contributed by atoms with Gasteiger partial charge in [0.25, 0.3) is 0 Å². The number of rotatable bonds is 6. The third-order valence-corrected chi connectivity index (χ3v) is 2.89. The second-order valence-corrected chi connectivity index (χ2v) is 4.49. The summed E-state index contributed by atoms with van der Waals surface area (Å²) < 4.78 is 46.7. The van der Waals surface area contributed by atoms with Crippen LogP contribution in [0.2, 0.25) is 0 Å². The molecule has 20 heavy (non-hydrogen) atoms. The number of halogens is 3. The van der Waals surface area contributed by atoms with Gasteiger partial charge in [-0.2, -0.15) is 13.2 Å². The maximum Gasteiger partial charge on any atom is 0.389 e. The molecule has 1 heterocycles. The lowest BCUT2D eigenvalue weighted by molar-refractivity contribution is -0.135. The Morgan fingerprint density at radius 3 is 2.80 bits per heavy atom. The van der Waals surface area contributed by atoms with Gasteiger partial charge in [0.1, 0.15) is 5.76 Å². The van der Waals surface area contributed by atoms with Gasteiger partial charge >= 0.3 is 6.18 Å². The number of methoxy groups -OCH3 is 1. The minimum atomic E-state index is -4.09. The molecule has 0 unspecified atom stereocenters. The van der Waals surface area contributed by atoms with Crippen molar-refractivity contribution in [1.82, 2.24) is 5.32 Å². The van der Waals surface area contributed by atoms with Crippen molar-refractivity contribution in [2.45, 2.75) is 25.6 Å². The van der Waals surface area contributed by atoms with Crippen LogP contribution >= 0.6 is 0 Å². The van der Waals surface area contributed by atoms with Crippen molar-refractivity contribution < 1.29 is 22.3 Å². The molecular formula is C14H16F3NO2. The zero-order valence-corrected chi connectivity index (χ0v) is 11.1. The Hall–Kier alpha value is -1.69. The molecule has 1 N–H and O–H groups in total. The van der Waals surface area contributed by atoms with Gasteiger partial charge in [-0.15, -0.1) is 0 Å². The SMILES string of the molecule is COc1cccc2cc(CNCCCC(F)(F)F)oc12. The Kier molecular flexibility index (Phi) is 4.54. The second-order valence-electron chi connectivity index (χ2n) is 4.49. The Morgan fingerprint density at radius 1 is 1.30 bits per heavy atom. The molecule has 0 spiro atoms. The Labute approximate surface area is 114 Å². The zero-order chi connectivity index (χ0) is 14.6. The minimum Gasteiger partial charge on any atom is -0.493 e. The van der Waals surface area contributed by atoms with Crippen LogP contribution in [0.3, 0.4) is 0 Å². The number of hydrogen-bond donors (Lipinski definition) is 1. The van der Waals surface area contributed by atoms with Crippen LogP contribution in [0, 0.1) is 0 Å². The molecule has 6 heteroatoms. The quantitative estimate of drug-likeness (QED) is 0.819. The highest BCUT2D eigenvalue weighted by molar-refractivity contribution is 5.83. The molecule has 0 bridgehead atoms. The molecule has 0 aliphatic carbocycles. The average molecular weight is 287 g/mol. The van der Waals surface area contributed by atoms with Gasteiger partial charge in [-0.25, -0.2) is 0 Å². The number of nitrogens with one attached hydrogen (secondary N) is 1. The van der Waals surface area contributed by atoms with E-state index in [9.17, 15) is 13.2 Å². The number of hydrogen-bond acceptors (Lipinski definition) is 3. The van der Waals surface area contributed by atoms with Crippen LogP contribution in [0.1, 0.15) is 18.6 Å². The monoisotopic (exact) mass is 287 g/mol. The molecular weight excluding hydrogens is 271 g/mol. The van der Waals surface area contributed by atoms with E-state index in [-0.39, 0.29) is 6.42 Å². The van der Waals surface area contributed by atoms with E-state index in [1.807, 2.05) is 18.2 Å². The number of fused-ring (bicyclic) bond motifs is 1. The topological polar surface area (TPSA) is 34.4 Å². The van der Waals surface area contributed by atoms with Gasteiger partial charge in [0.05, 0.1) is 13.7 Å².